The number of thioether (sulfide) groups is 1. The van der Waals surface area contributed by atoms with Gasteiger partial charge in [-0.25, -0.2) is 4.39 Å². The molecule has 3 aromatic carbocycles. The minimum absolute atomic E-state index is 0.0309. The lowest BCUT2D eigenvalue weighted by molar-refractivity contribution is -0.132. The summed E-state index contributed by atoms with van der Waals surface area (Å²) < 4.78 is 20.5. The number of benzene rings is 3. The number of ether oxygens (including phenoxy) is 1. The first-order valence-corrected chi connectivity index (χ1v) is 15.9. The van der Waals surface area contributed by atoms with E-state index in [1.165, 1.54) is 34.1 Å². The Labute approximate surface area is 259 Å². The van der Waals surface area contributed by atoms with Crippen LogP contribution >= 0.6 is 34.4 Å². The maximum Gasteiger partial charge on any atom is 0.301 e. The first kappa shape index (κ1) is 28.8. The highest BCUT2D eigenvalue weighted by Gasteiger charge is 2.48. The summed E-state index contributed by atoms with van der Waals surface area (Å²) in [6.45, 7) is 2.41. The van der Waals surface area contributed by atoms with E-state index < -0.39 is 17.7 Å². The fraction of sp³-hybridized carbons (Fsp3) is 0.125. The maximum atomic E-state index is 14.1. The number of carbonyl (C=O) groups is 2. The predicted octanol–water partition coefficient (Wildman–Crippen LogP) is 7.54. The second-order valence-corrected chi connectivity index (χ2v) is 12.9. The number of anilines is 1. The van der Waals surface area contributed by atoms with Gasteiger partial charge in [0.05, 0.1) is 5.57 Å². The van der Waals surface area contributed by atoms with Gasteiger partial charge >= 0.3 is 5.91 Å². The van der Waals surface area contributed by atoms with E-state index in [4.69, 9.17) is 4.74 Å². The van der Waals surface area contributed by atoms with Crippen molar-refractivity contribution < 1.29 is 23.8 Å². The number of halogens is 1. The number of carbonyl (C=O) groups excluding carboxylic acids is 2. The van der Waals surface area contributed by atoms with E-state index in [2.05, 4.69) is 10.2 Å². The van der Waals surface area contributed by atoms with Gasteiger partial charge in [-0.3, -0.25) is 14.5 Å². The zero-order valence-electron chi connectivity index (χ0n) is 22.8. The van der Waals surface area contributed by atoms with Gasteiger partial charge in [-0.15, -0.1) is 21.5 Å². The molecule has 0 unspecified atom stereocenters. The number of aryl methyl sites for hydroxylation is 1. The van der Waals surface area contributed by atoms with Crippen molar-refractivity contribution in [2.45, 2.75) is 29.7 Å². The monoisotopic (exact) mass is 629 g/mol. The molecule has 1 saturated heterocycles. The van der Waals surface area contributed by atoms with Gasteiger partial charge in [0.25, 0.3) is 5.78 Å². The Balaban J connectivity index is 1.26. The summed E-state index contributed by atoms with van der Waals surface area (Å²) in [5.74, 6) is -1.29. The number of ketones is 1. The predicted molar refractivity (Wildman–Crippen MR) is 167 cm³/mol. The maximum absolute atomic E-state index is 14.1. The van der Waals surface area contributed by atoms with Crippen LogP contribution in [0.4, 0.5) is 9.52 Å². The number of hydrogen-bond donors (Lipinski definition) is 1. The normalized spacial score (nSPS) is 16.1. The molecule has 2 aromatic heterocycles. The summed E-state index contributed by atoms with van der Waals surface area (Å²) in [5.41, 5.74) is 3.05. The molecule has 3 heterocycles. The van der Waals surface area contributed by atoms with Crippen molar-refractivity contribution in [3.63, 3.8) is 0 Å². The molecule has 1 aliphatic heterocycles. The van der Waals surface area contributed by atoms with Crippen molar-refractivity contribution in [1.82, 2.24) is 10.2 Å². The molecule has 0 saturated carbocycles. The van der Waals surface area contributed by atoms with Crippen LogP contribution in [0, 0.1) is 12.7 Å². The zero-order chi connectivity index (χ0) is 29.9. The summed E-state index contributed by atoms with van der Waals surface area (Å²) in [5, 5.41) is 21.8. The Morgan fingerprint density at radius 1 is 1.02 bits per heavy atom. The first-order chi connectivity index (χ1) is 20.9. The fourth-order valence-electron chi connectivity index (χ4n) is 4.69. The van der Waals surface area contributed by atoms with Crippen LogP contribution in [0.1, 0.15) is 33.2 Å². The van der Waals surface area contributed by atoms with Crippen LogP contribution in [0.2, 0.25) is 0 Å². The molecule has 6 rings (SSSR count). The van der Waals surface area contributed by atoms with E-state index in [1.807, 2.05) is 42.6 Å². The van der Waals surface area contributed by atoms with E-state index >= 15 is 0 Å². The summed E-state index contributed by atoms with van der Waals surface area (Å²) in [6.07, 6.45) is 0. The number of amides is 1. The van der Waals surface area contributed by atoms with Crippen LogP contribution in [-0.2, 0) is 21.9 Å². The molecule has 5 aromatic rings. The lowest BCUT2D eigenvalue weighted by Gasteiger charge is -2.20. The number of hydrogen-bond acceptors (Lipinski definition) is 9. The Bertz CT molecular complexity index is 1820. The third kappa shape index (κ3) is 6.10. The molecule has 0 radical (unpaired) electrons. The van der Waals surface area contributed by atoms with Gasteiger partial charge in [0, 0.05) is 16.2 Å². The lowest BCUT2D eigenvalue weighted by atomic mass is 10.00. The molecule has 1 aliphatic rings. The Kier molecular flexibility index (Phi) is 8.37. The summed E-state index contributed by atoms with van der Waals surface area (Å²) in [7, 11) is 0. The van der Waals surface area contributed by atoms with Crippen molar-refractivity contribution >= 4 is 57.0 Å². The smallest absolute Gasteiger partial charge is 0.301 e. The van der Waals surface area contributed by atoms with Crippen LogP contribution in [0.15, 0.2) is 100 Å². The molecular formula is C32H24FN3O4S3. The second kappa shape index (κ2) is 12.5. The summed E-state index contributed by atoms with van der Waals surface area (Å²) in [6, 6.07) is 24.0. The second-order valence-electron chi connectivity index (χ2n) is 9.72. The van der Waals surface area contributed by atoms with Gasteiger partial charge in [0.2, 0.25) is 5.13 Å². The van der Waals surface area contributed by atoms with Crippen LogP contribution < -0.4 is 9.64 Å². The van der Waals surface area contributed by atoms with Gasteiger partial charge in [-0.05, 0) is 59.8 Å². The standard InChI is InChI=1S/C32H24FN3O4S3/c1-19-6-4-7-20(16-19)17-40-23-13-11-21(12-14-23)28(37)26-27(25-10-5-15-41-25)36(30(39)29(26)38)31-34-35-32(43-31)42-18-22-8-2-3-9-24(22)33/h2-16,27,37H,17-18H2,1H3/t27-/m0/s1. The molecule has 1 amide bonds. The summed E-state index contributed by atoms with van der Waals surface area (Å²) >= 11 is 3.78. The van der Waals surface area contributed by atoms with Crippen LogP contribution in [0.3, 0.4) is 0 Å². The number of Topliss-reactive ketones (excluding diaryl/α,β-unsaturated/α-hetero) is 1. The van der Waals surface area contributed by atoms with Gasteiger partial charge in [-0.2, -0.15) is 0 Å². The average Bonchev–Trinajstić information content (AvgIpc) is 3.76. The molecule has 216 valence electrons. The number of thiophene rings is 1. The Hall–Kier alpha value is -4.32. The Morgan fingerprint density at radius 3 is 2.58 bits per heavy atom. The van der Waals surface area contributed by atoms with Gasteiger partial charge in [-0.1, -0.05) is 77.2 Å². The highest BCUT2D eigenvalue weighted by molar-refractivity contribution is 8.00. The molecule has 0 bridgehead atoms. The number of aromatic nitrogens is 2. The minimum Gasteiger partial charge on any atom is -0.507 e. The van der Waals surface area contributed by atoms with E-state index in [0.717, 1.165) is 22.5 Å². The van der Waals surface area contributed by atoms with Crippen molar-refractivity contribution in [3.8, 4) is 5.75 Å². The lowest BCUT2D eigenvalue weighted by Crippen LogP contribution is -2.29. The fourth-order valence-corrected chi connectivity index (χ4v) is 7.37. The third-order valence-electron chi connectivity index (χ3n) is 6.78. The first-order valence-electron chi connectivity index (χ1n) is 13.2. The van der Waals surface area contributed by atoms with Crippen molar-refractivity contribution in [1.29, 1.82) is 0 Å². The minimum atomic E-state index is -0.880. The molecule has 1 N–H and O–H groups in total. The molecule has 43 heavy (non-hydrogen) atoms. The van der Waals surface area contributed by atoms with Crippen molar-refractivity contribution in [3.05, 3.63) is 129 Å². The average molecular weight is 630 g/mol. The molecule has 11 heteroatoms. The molecular weight excluding hydrogens is 606 g/mol. The molecule has 0 aliphatic carbocycles. The number of aliphatic hydroxyl groups excluding tert-OH is 1. The topological polar surface area (TPSA) is 92.6 Å². The van der Waals surface area contributed by atoms with Crippen molar-refractivity contribution in [2.24, 2.45) is 0 Å². The molecule has 0 spiro atoms. The van der Waals surface area contributed by atoms with E-state index in [9.17, 15) is 19.1 Å². The quantitative estimate of drug-likeness (QED) is 0.0592. The highest BCUT2D eigenvalue weighted by atomic mass is 32.2. The van der Waals surface area contributed by atoms with E-state index in [1.54, 1.807) is 48.5 Å². The molecule has 1 atom stereocenters. The highest BCUT2D eigenvalue weighted by Crippen LogP contribution is 2.45. The van der Waals surface area contributed by atoms with Crippen LogP contribution in [0.5, 0.6) is 5.75 Å². The molecule has 1 fully saturated rings. The number of nitrogens with zero attached hydrogens (tertiary/aromatic N) is 3. The number of aliphatic hydroxyl groups is 1. The van der Waals surface area contributed by atoms with E-state index in [-0.39, 0.29) is 22.3 Å². The largest absolute Gasteiger partial charge is 0.507 e. The van der Waals surface area contributed by atoms with Gasteiger partial charge < -0.3 is 9.84 Å². The third-order valence-corrected chi connectivity index (χ3v) is 9.81. The van der Waals surface area contributed by atoms with E-state index in [0.29, 0.717) is 38.5 Å². The summed E-state index contributed by atoms with van der Waals surface area (Å²) in [4.78, 5) is 28.8. The number of rotatable bonds is 9. The zero-order valence-corrected chi connectivity index (χ0v) is 25.2. The van der Waals surface area contributed by atoms with Crippen molar-refractivity contribution in [2.75, 3.05) is 4.90 Å². The van der Waals surface area contributed by atoms with Gasteiger partial charge in [0.1, 0.15) is 30.0 Å². The Morgan fingerprint density at radius 2 is 1.84 bits per heavy atom. The van der Waals surface area contributed by atoms with Crippen LogP contribution in [0.25, 0.3) is 5.76 Å². The molecule has 7 nitrogen and oxygen atoms in total. The SMILES string of the molecule is Cc1cccc(COc2ccc(C(O)=C3C(=O)C(=O)N(c4nnc(SCc5ccccc5F)s4)[C@H]3c3cccs3)cc2)c1. The van der Waals surface area contributed by atoms with Gasteiger partial charge in [0.15, 0.2) is 4.34 Å². The van der Waals surface area contributed by atoms with Crippen LogP contribution in [-0.4, -0.2) is 27.0 Å².